The number of carbonyl (C=O) groups is 1. The summed E-state index contributed by atoms with van der Waals surface area (Å²) in [5.41, 5.74) is 1.93. The van der Waals surface area contributed by atoms with Crippen molar-refractivity contribution in [3.8, 4) is 28.7 Å². The molecule has 45 heavy (non-hydrogen) atoms. The van der Waals surface area contributed by atoms with Crippen LogP contribution < -0.4 is 23.7 Å². The lowest BCUT2D eigenvalue weighted by atomic mass is 9.99. The van der Waals surface area contributed by atoms with Crippen molar-refractivity contribution in [1.29, 1.82) is 5.41 Å². The number of halogens is 1. The second kappa shape index (κ2) is 15.5. The molecule has 10 nitrogen and oxygen atoms in total. The van der Waals surface area contributed by atoms with E-state index in [4.69, 9.17) is 29.1 Å². The van der Waals surface area contributed by atoms with Crippen LogP contribution in [0.1, 0.15) is 37.3 Å². The molecule has 0 fully saturated rings. The standard InChI is InChI=1S/C33H34N4O6S.ClH/c1-5-21(2)23-11-13-25(14-12-23)41-15-16-42-30-27(39-3)18-22(19-28(30)40-4)17-26-31(34)37-33(35-32(26)38)44-29(36-37)20-43-24-9-7-6-8-10-24;/h6-14,17-19,21,34H,5,15-16,20H2,1-4H3;1H/b26-17+,34-31?;. The summed E-state index contributed by atoms with van der Waals surface area (Å²) in [5.74, 6) is 2.56. The highest BCUT2D eigenvalue weighted by atomic mass is 35.5. The van der Waals surface area contributed by atoms with Gasteiger partial charge in [-0.25, -0.2) is 0 Å². The number of carbonyl (C=O) groups excluding carboxylic acids is 1. The number of rotatable bonds is 13. The Morgan fingerprint density at radius 3 is 2.22 bits per heavy atom. The minimum atomic E-state index is -0.540. The van der Waals surface area contributed by atoms with Gasteiger partial charge in [-0.1, -0.05) is 44.2 Å². The first-order chi connectivity index (χ1) is 21.4. The normalized spacial score (nSPS) is 15.5. The van der Waals surface area contributed by atoms with Crippen molar-refractivity contribution in [2.75, 3.05) is 34.0 Å². The number of aliphatic imine (C=N–C) groups is 1. The van der Waals surface area contributed by atoms with Gasteiger partial charge in [-0.05, 0) is 77.7 Å². The van der Waals surface area contributed by atoms with Crippen molar-refractivity contribution in [3.05, 3.63) is 83.4 Å². The summed E-state index contributed by atoms with van der Waals surface area (Å²) in [7, 11) is 3.04. The van der Waals surface area contributed by atoms with Gasteiger partial charge in [0.05, 0.1) is 19.8 Å². The fourth-order valence-electron chi connectivity index (χ4n) is 4.48. The molecule has 1 atom stereocenters. The molecule has 1 N–H and O–H groups in total. The Morgan fingerprint density at radius 1 is 0.933 bits per heavy atom. The van der Waals surface area contributed by atoms with Crippen LogP contribution in [-0.4, -0.2) is 61.0 Å². The van der Waals surface area contributed by atoms with E-state index in [1.165, 1.54) is 36.6 Å². The van der Waals surface area contributed by atoms with Gasteiger partial charge < -0.3 is 23.7 Å². The fourth-order valence-corrected chi connectivity index (χ4v) is 5.27. The van der Waals surface area contributed by atoms with Crippen LogP contribution in [0.15, 0.2) is 82.4 Å². The molecule has 1 amide bonds. The van der Waals surface area contributed by atoms with Gasteiger partial charge in [0.25, 0.3) is 5.91 Å². The average Bonchev–Trinajstić information content (AvgIpc) is 3.47. The molecule has 0 bridgehead atoms. The number of hydrazone groups is 1. The van der Waals surface area contributed by atoms with Crippen LogP contribution in [0.25, 0.3) is 6.08 Å². The Labute approximate surface area is 273 Å². The van der Waals surface area contributed by atoms with E-state index < -0.39 is 5.91 Å². The minimum Gasteiger partial charge on any atom is -0.493 e. The molecule has 1 unspecified atom stereocenters. The Bertz CT molecular complexity index is 1590. The molecule has 0 aliphatic carbocycles. The van der Waals surface area contributed by atoms with E-state index in [0.717, 1.165) is 12.2 Å². The maximum Gasteiger partial charge on any atom is 0.283 e. The molecular weight excluding hydrogens is 616 g/mol. The molecule has 5 rings (SSSR count). The summed E-state index contributed by atoms with van der Waals surface area (Å²) in [6.45, 7) is 5.13. The summed E-state index contributed by atoms with van der Waals surface area (Å²) in [6.07, 6.45) is 2.64. The molecular formula is C33H35ClN4O6S. The third kappa shape index (κ3) is 7.98. The molecule has 0 radical (unpaired) electrons. The van der Waals surface area contributed by atoms with Crippen molar-refractivity contribution in [1.82, 2.24) is 5.01 Å². The number of amides is 1. The summed E-state index contributed by atoms with van der Waals surface area (Å²) in [4.78, 5) is 17.1. The molecule has 0 saturated carbocycles. The maximum atomic E-state index is 13.0. The van der Waals surface area contributed by atoms with Crippen LogP contribution in [0.3, 0.4) is 0 Å². The Morgan fingerprint density at radius 2 is 1.58 bits per heavy atom. The largest absolute Gasteiger partial charge is 0.493 e. The van der Waals surface area contributed by atoms with Gasteiger partial charge in [0.15, 0.2) is 17.3 Å². The van der Waals surface area contributed by atoms with E-state index in [0.29, 0.717) is 51.3 Å². The molecule has 236 valence electrons. The Kier molecular flexibility index (Phi) is 11.5. The van der Waals surface area contributed by atoms with Crippen molar-refractivity contribution in [2.45, 2.75) is 26.2 Å². The lowest BCUT2D eigenvalue weighted by molar-refractivity contribution is -0.114. The van der Waals surface area contributed by atoms with Crippen LogP contribution >= 0.6 is 24.2 Å². The topological polar surface area (TPSA) is 115 Å². The number of para-hydroxylation sites is 1. The van der Waals surface area contributed by atoms with E-state index in [2.05, 4.69) is 36.1 Å². The van der Waals surface area contributed by atoms with Crippen molar-refractivity contribution in [2.24, 2.45) is 10.1 Å². The quantitative estimate of drug-likeness (QED) is 0.159. The van der Waals surface area contributed by atoms with Gasteiger partial charge in [-0.15, -0.1) is 12.4 Å². The summed E-state index contributed by atoms with van der Waals surface area (Å²) in [5, 5.41) is 15.4. The fraction of sp³-hybridized carbons (Fsp3) is 0.273. The summed E-state index contributed by atoms with van der Waals surface area (Å²) >= 11 is 1.20. The van der Waals surface area contributed by atoms with Crippen molar-refractivity contribution >= 4 is 52.2 Å². The molecule has 2 aliphatic rings. The summed E-state index contributed by atoms with van der Waals surface area (Å²) < 4.78 is 28.8. The van der Waals surface area contributed by atoms with E-state index >= 15 is 0 Å². The van der Waals surface area contributed by atoms with Gasteiger partial charge in [0, 0.05) is 0 Å². The zero-order valence-electron chi connectivity index (χ0n) is 25.4. The Hall–Kier alpha value is -4.48. The predicted octanol–water partition coefficient (Wildman–Crippen LogP) is 6.80. The lowest BCUT2D eigenvalue weighted by Gasteiger charge is -2.20. The zero-order valence-corrected chi connectivity index (χ0v) is 27.1. The van der Waals surface area contributed by atoms with Crippen LogP contribution in [0.4, 0.5) is 0 Å². The van der Waals surface area contributed by atoms with Gasteiger partial charge >= 0.3 is 0 Å². The zero-order chi connectivity index (χ0) is 31.1. The van der Waals surface area contributed by atoms with Crippen LogP contribution in [0.5, 0.6) is 28.7 Å². The second-order valence-electron chi connectivity index (χ2n) is 9.95. The third-order valence-electron chi connectivity index (χ3n) is 7.06. The van der Waals surface area contributed by atoms with E-state index in [-0.39, 0.29) is 37.0 Å². The van der Waals surface area contributed by atoms with E-state index in [1.807, 2.05) is 42.5 Å². The second-order valence-corrected chi connectivity index (χ2v) is 11.0. The number of methoxy groups -OCH3 is 2. The lowest BCUT2D eigenvalue weighted by Crippen LogP contribution is -2.35. The number of nitrogens with zero attached hydrogens (tertiary/aromatic N) is 3. The number of hydrogen-bond acceptors (Lipinski definition) is 9. The van der Waals surface area contributed by atoms with Crippen molar-refractivity contribution in [3.63, 3.8) is 0 Å². The first-order valence-electron chi connectivity index (χ1n) is 14.2. The Balaban J connectivity index is 0.00000461. The molecule has 3 aromatic rings. The first kappa shape index (κ1) is 33.4. The highest BCUT2D eigenvalue weighted by molar-refractivity contribution is 8.27. The van der Waals surface area contributed by atoms with Gasteiger partial charge in [-0.2, -0.15) is 15.1 Å². The van der Waals surface area contributed by atoms with Crippen LogP contribution in [0.2, 0.25) is 0 Å². The van der Waals surface area contributed by atoms with Crippen LogP contribution in [-0.2, 0) is 4.79 Å². The predicted molar refractivity (Wildman–Crippen MR) is 180 cm³/mol. The minimum absolute atomic E-state index is 0. The van der Waals surface area contributed by atoms with Gasteiger partial charge in [0.1, 0.15) is 36.4 Å². The molecule has 3 aromatic carbocycles. The molecule has 0 aromatic heterocycles. The number of ether oxygens (including phenoxy) is 5. The van der Waals surface area contributed by atoms with Gasteiger partial charge in [-0.3, -0.25) is 10.2 Å². The van der Waals surface area contributed by atoms with E-state index in [1.54, 1.807) is 18.2 Å². The SMILES string of the molecule is CCC(C)c1ccc(OCCOc2c(OC)cc(/C=C3\C(=N)N4N=C(COc5ccccc5)SC4=NC3=O)cc2OC)cc1.Cl. The molecule has 0 spiro atoms. The number of benzene rings is 3. The monoisotopic (exact) mass is 650 g/mol. The third-order valence-corrected chi connectivity index (χ3v) is 7.94. The maximum absolute atomic E-state index is 13.0. The average molecular weight is 651 g/mol. The number of amidine groups is 2. The summed E-state index contributed by atoms with van der Waals surface area (Å²) in [6, 6.07) is 20.9. The van der Waals surface area contributed by atoms with E-state index in [9.17, 15) is 4.79 Å². The molecule has 2 aliphatic heterocycles. The highest BCUT2D eigenvalue weighted by Crippen LogP contribution is 2.39. The number of fused-ring (bicyclic) bond motifs is 1. The smallest absolute Gasteiger partial charge is 0.283 e. The first-order valence-corrected chi connectivity index (χ1v) is 15.0. The van der Waals surface area contributed by atoms with Gasteiger partial charge in [0.2, 0.25) is 10.9 Å². The molecule has 12 heteroatoms. The molecule has 0 saturated heterocycles. The number of hydrogen-bond donors (Lipinski definition) is 1. The molecule has 2 heterocycles. The highest BCUT2D eigenvalue weighted by Gasteiger charge is 2.36. The van der Waals surface area contributed by atoms with Crippen molar-refractivity contribution < 1.29 is 28.5 Å². The van der Waals surface area contributed by atoms with Crippen LogP contribution in [0, 0.1) is 5.41 Å². The number of thioether (sulfide) groups is 1. The number of nitrogens with one attached hydrogen (secondary N) is 1.